The minimum absolute atomic E-state index is 0.00970. The lowest BCUT2D eigenvalue weighted by molar-refractivity contribution is -0.124. The van der Waals surface area contributed by atoms with Crippen molar-refractivity contribution in [2.24, 2.45) is 5.92 Å². The first kappa shape index (κ1) is 18.6. The molecule has 0 aromatic heterocycles. The van der Waals surface area contributed by atoms with Gasteiger partial charge in [0.05, 0.1) is 12.5 Å². The van der Waals surface area contributed by atoms with Crippen LogP contribution in [0.25, 0.3) is 0 Å². The quantitative estimate of drug-likeness (QED) is 0.711. The molecule has 0 aromatic carbocycles. The van der Waals surface area contributed by atoms with Gasteiger partial charge in [0.25, 0.3) is 0 Å². The Kier molecular flexibility index (Phi) is 8.10. The summed E-state index contributed by atoms with van der Waals surface area (Å²) in [6.07, 6.45) is 9.71. The molecule has 2 N–H and O–H groups in total. The fourth-order valence-corrected chi connectivity index (χ4v) is 2.88. The lowest BCUT2D eigenvalue weighted by Gasteiger charge is -2.24. The van der Waals surface area contributed by atoms with Crippen LogP contribution in [0.5, 0.6) is 0 Å². The number of aliphatic hydroxyl groups excluding tert-OH is 1. The molecule has 4 heteroatoms. The average molecular weight is 307 g/mol. The van der Waals surface area contributed by atoms with E-state index in [0.29, 0.717) is 18.0 Å². The maximum Gasteiger partial charge on any atom is 0.226 e. The smallest absolute Gasteiger partial charge is 0.226 e. The molecular weight excluding hydrogens is 278 g/mol. The van der Waals surface area contributed by atoms with Crippen molar-refractivity contribution in [2.75, 3.05) is 6.61 Å². The van der Waals surface area contributed by atoms with Crippen LogP contribution in [0.3, 0.4) is 0 Å². The molecule has 1 atom stereocenters. The van der Waals surface area contributed by atoms with Crippen LogP contribution in [0.4, 0.5) is 0 Å². The van der Waals surface area contributed by atoms with Crippen LogP contribution in [0, 0.1) is 5.92 Å². The Morgan fingerprint density at radius 1 is 1.23 bits per heavy atom. The molecule has 1 amide bonds. The lowest BCUT2D eigenvalue weighted by atomic mass is 9.94. The highest BCUT2D eigenvalue weighted by Crippen LogP contribution is 2.18. The lowest BCUT2D eigenvalue weighted by Crippen LogP contribution is -2.38. The molecule has 0 bridgehead atoms. The summed E-state index contributed by atoms with van der Waals surface area (Å²) in [6.45, 7) is 5.11. The third-order valence-corrected chi connectivity index (χ3v) is 3.97. The monoisotopic (exact) mass is 307 g/mol. The van der Waals surface area contributed by atoms with Gasteiger partial charge in [-0.1, -0.05) is 43.9 Å². The predicted molar refractivity (Wildman–Crippen MR) is 88.4 cm³/mol. The molecule has 0 radical (unpaired) electrons. The van der Waals surface area contributed by atoms with E-state index in [1.165, 1.54) is 19.3 Å². The van der Waals surface area contributed by atoms with Crippen molar-refractivity contribution in [3.05, 3.63) is 23.3 Å². The summed E-state index contributed by atoms with van der Waals surface area (Å²) in [4.78, 5) is 23.3. The molecule has 1 saturated carbocycles. The van der Waals surface area contributed by atoms with Gasteiger partial charge in [0, 0.05) is 12.5 Å². The molecule has 0 aromatic rings. The van der Waals surface area contributed by atoms with E-state index in [-0.39, 0.29) is 24.2 Å². The first-order valence-corrected chi connectivity index (χ1v) is 8.21. The number of ketones is 1. The number of nitrogens with one attached hydrogen (secondary N) is 1. The van der Waals surface area contributed by atoms with Gasteiger partial charge in [-0.15, -0.1) is 0 Å². The number of carbonyl (C=O) groups is 2. The van der Waals surface area contributed by atoms with E-state index in [1.807, 2.05) is 13.8 Å². The Morgan fingerprint density at radius 2 is 1.86 bits per heavy atom. The number of amides is 1. The van der Waals surface area contributed by atoms with Crippen LogP contribution in [0.2, 0.25) is 0 Å². The number of hydrogen-bond acceptors (Lipinski definition) is 3. The third kappa shape index (κ3) is 7.03. The summed E-state index contributed by atoms with van der Waals surface area (Å²) in [5.74, 6) is -0.185. The normalized spacial score (nSPS) is 18.9. The van der Waals surface area contributed by atoms with Crippen LogP contribution in [-0.2, 0) is 9.59 Å². The second kappa shape index (κ2) is 9.57. The molecule has 0 saturated heterocycles. The maximum absolute atomic E-state index is 12.2. The first-order chi connectivity index (χ1) is 10.4. The van der Waals surface area contributed by atoms with E-state index < -0.39 is 0 Å². The Labute approximate surface area is 133 Å². The van der Waals surface area contributed by atoms with Gasteiger partial charge in [0.1, 0.15) is 5.78 Å². The summed E-state index contributed by atoms with van der Waals surface area (Å²) in [6, 6.07) is 0.296. The molecule has 1 aliphatic rings. The number of Topliss-reactive ketones (excluding diaryl/α,β-unsaturated/α-hetero) is 1. The zero-order valence-corrected chi connectivity index (χ0v) is 14.0. The summed E-state index contributed by atoms with van der Waals surface area (Å²) >= 11 is 0. The van der Waals surface area contributed by atoms with Gasteiger partial charge < -0.3 is 10.4 Å². The van der Waals surface area contributed by atoms with Crippen molar-refractivity contribution in [2.45, 2.75) is 65.3 Å². The molecule has 0 aliphatic heterocycles. The Balaban J connectivity index is 2.62. The zero-order valence-electron chi connectivity index (χ0n) is 14.0. The molecule has 1 unspecified atom stereocenters. The molecule has 1 rings (SSSR count). The highest BCUT2D eigenvalue weighted by atomic mass is 16.3. The Morgan fingerprint density at radius 3 is 2.41 bits per heavy atom. The van der Waals surface area contributed by atoms with Crippen LogP contribution < -0.4 is 5.32 Å². The zero-order chi connectivity index (χ0) is 16.5. The van der Waals surface area contributed by atoms with Gasteiger partial charge in [0.15, 0.2) is 0 Å². The highest BCUT2D eigenvalue weighted by molar-refractivity contribution is 5.80. The highest BCUT2D eigenvalue weighted by Gasteiger charge is 2.18. The minimum Gasteiger partial charge on any atom is -0.392 e. The fraction of sp³-hybridized carbons (Fsp3) is 0.667. The Hall–Kier alpha value is -1.42. The standard InChI is InChI=1S/C18H29NO3/c1-13(9-15(3)21)10-16(12-20)11-14(2)18(22)19-17-7-5-4-6-8-17/h10-11,14,17,20H,4-9,12H2,1-3H3,(H,19,22)/b13-10+,16-11+. The van der Waals surface area contributed by atoms with Gasteiger partial charge in [0.2, 0.25) is 5.91 Å². The summed E-state index contributed by atoms with van der Waals surface area (Å²) in [5.41, 5.74) is 1.58. The third-order valence-electron chi connectivity index (χ3n) is 3.97. The predicted octanol–water partition coefficient (Wildman–Crippen LogP) is 2.92. The minimum atomic E-state index is -0.287. The topological polar surface area (TPSA) is 66.4 Å². The number of carbonyl (C=O) groups excluding carboxylic acids is 2. The fourth-order valence-electron chi connectivity index (χ4n) is 2.88. The van der Waals surface area contributed by atoms with Crippen molar-refractivity contribution in [3.8, 4) is 0 Å². The molecule has 0 heterocycles. The van der Waals surface area contributed by atoms with Crippen molar-refractivity contribution in [1.29, 1.82) is 0 Å². The van der Waals surface area contributed by atoms with E-state index in [0.717, 1.165) is 18.4 Å². The maximum atomic E-state index is 12.2. The average Bonchev–Trinajstić information content (AvgIpc) is 2.46. The van der Waals surface area contributed by atoms with Crippen molar-refractivity contribution in [1.82, 2.24) is 5.32 Å². The second-order valence-electron chi connectivity index (χ2n) is 6.40. The van der Waals surface area contributed by atoms with Crippen LogP contribution >= 0.6 is 0 Å². The van der Waals surface area contributed by atoms with E-state index >= 15 is 0 Å². The van der Waals surface area contributed by atoms with Crippen LogP contribution in [0.15, 0.2) is 23.3 Å². The van der Waals surface area contributed by atoms with Gasteiger partial charge in [-0.2, -0.15) is 0 Å². The van der Waals surface area contributed by atoms with Gasteiger partial charge in [-0.25, -0.2) is 0 Å². The second-order valence-corrected chi connectivity index (χ2v) is 6.40. The molecule has 4 nitrogen and oxygen atoms in total. The molecular formula is C18H29NO3. The summed E-state index contributed by atoms with van der Waals surface area (Å²) < 4.78 is 0. The largest absolute Gasteiger partial charge is 0.392 e. The van der Waals surface area contributed by atoms with Crippen molar-refractivity contribution in [3.63, 3.8) is 0 Å². The van der Waals surface area contributed by atoms with Gasteiger partial charge in [-0.05, 0) is 32.3 Å². The molecule has 1 fully saturated rings. The summed E-state index contributed by atoms with van der Waals surface area (Å²) in [5, 5.41) is 12.5. The molecule has 124 valence electrons. The van der Waals surface area contributed by atoms with E-state index in [2.05, 4.69) is 5.32 Å². The van der Waals surface area contributed by atoms with E-state index in [4.69, 9.17) is 0 Å². The van der Waals surface area contributed by atoms with Crippen LogP contribution in [-0.4, -0.2) is 29.4 Å². The van der Waals surface area contributed by atoms with Gasteiger partial charge in [-0.3, -0.25) is 9.59 Å². The molecule has 22 heavy (non-hydrogen) atoms. The number of allylic oxidation sites excluding steroid dienone is 1. The van der Waals surface area contributed by atoms with Crippen molar-refractivity contribution >= 4 is 11.7 Å². The molecule has 0 spiro atoms. The van der Waals surface area contributed by atoms with Crippen molar-refractivity contribution < 1.29 is 14.7 Å². The van der Waals surface area contributed by atoms with E-state index in [9.17, 15) is 14.7 Å². The van der Waals surface area contributed by atoms with E-state index in [1.54, 1.807) is 19.1 Å². The Bertz CT molecular complexity index is 445. The number of aliphatic hydroxyl groups is 1. The number of rotatable bonds is 7. The van der Waals surface area contributed by atoms with Crippen LogP contribution in [0.1, 0.15) is 59.3 Å². The summed E-state index contributed by atoms with van der Waals surface area (Å²) in [7, 11) is 0. The SMILES string of the molecule is CC(=O)C/C(C)=C/C(=C\C(C)C(=O)NC1CCCCC1)CO. The molecule has 1 aliphatic carbocycles. The number of hydrogen-bond donors (Lipinski definition) is 2. The first-order valence-electron chi connectivity index (χ1n) is 8.21. The van der Waals surface area contributed by atoms with Gasteiger partial charge >= 0.3 is 0 Å².